The van der Waals surface area contributed by atoms with Gasteiger partial charge in [0, 0.05) is 51.8 Å². The molecule has 0 radical (unpaired) electrons. The number of nitrogens with zero attached hydrogens (tertiary/aromatic N) is 4. The molecule has 2 fully saturated rings. The van der Waals surface area contributed by atoms with E-state index in [2.05, 4.69) is 21.5 Å². The van der Waals surface area contributed by atoms with Gasteiger partial charge in [-0.1, -0.05) is 0 Å². The Kier molecular flexibility index (Phi) is 6.31. The van der Waals surface area contributed by atoms with Crippen molar-refractivity contribution in [1.29, 1.82) is 0 Å². The van der Waals surface area contributed by atoms with Crippen molar-refractivity contribution in [3.05, 3.63) is 42.1 Å². The molecule has 4 heterocycles. The summed E-state index contributed by atoms with van der Waals surface area (Å²) in [6.45, 7) is 4.40. The van der Waals surface area contributed by atoms with E-state index in [1.165, 1.54) is 18.4 Å². The molecule has 0 spiro atoms. The summed E-state index contributed by atoms with van der Waals surface area (Å²) in [6.07, 6.45) is 11.6. The fourth-order valence-electron chi connectivity index (χ4n) is 4.04. The molecule has 2 aromatic rings. The predicted octanol–water partition coefficient (Wildman–Crippen LogP) is 2.56. The molecular weight excluding hydrogens is 354 g/mol. The molecule has 152 valence electrons. The Labute approximate surface area is 166 Å². The molecule has 2 saturated heterocycles. The van der Waals surface area contributed by atoms with Crippen molar-refractivity contribution in [1.82, 2.24) is 20.0 Å². The van der Waals surface area contributed by atoms with Gasteiger partial charge < -0.3 is 19.4 Å². The average Bonchev–Trinajstić information content (AvgIpc) is 3.47. The van der Waals surface area contributed by atoms with E-state index in [4.69, 9.17) is 14.1 Å². The Bertz CT molecular complexity index is 749. The first kappa shape index (κ1) is 19.1. The number of aliphatic imine (C=N–C) groups is 1. The molecular formula is C21H31N5O2. The Morgan fingerprint density at radius 1 is 1.36 bits per heavy atom. The van der Waals surface area contributed by atoms with Gasteiger partial charge in [-0.3, -0.25) is 9.67 Å². The van der Waals surface area contributed by atoms with Crippen LogP contribution in [-0.4, -0.2) is 59.5 Å². The quantitative estimate of drug-likeness (QED) is 0.611. The maximum Gasteiger partial charge on any atom is 0.194 e. The molecule has 0 bridgehead atoms. The minimum absolute atomic E-state index is 0.257. The highest BCUT2D eigenvalue weighted by Gasteiger charge is 2.27. The van der Waals surface area contributed by atoms with Crippen LogP contribution in [0.5, 0.6) is 0 Å². The third-order valence-corrected chi connectivity index (χ3v) is 5.64. The molecule has 2 aliphatic rings. The fourth-order valence-corrected chi connectivity index (χ4v) is 4.04. The Balaban J connectivity index is 1.38. The van der Waals surface area contributed by atoms with Crippen LogP contribution in [0.15, 0.2) is 40.2 Å². The third-order valence-electron chi connectivity index (χ3n) is 5.64. The number of likely N-dealkylation sites (tertiary alicyclic amines) is 1. The molecule has 1 N–H and O–H groups in total. The number of guanidine groups is 1. The van der Waals surface area contributed by atoms with Crippen molar-refractivity contribution in [3.8, 4) is 0 Å². The topological polar surface area (TPSA) is 67.8 Å². The van der Waals surface area contributed by atoms with E-state index in [1.54, 1.807) is 6.26 Å². The molecule has 0 saturated carbocycles. The van der Waals surface area contributed by atoms with Gasteiger partial charge in [0.2, 0.25) is 0 Å². The summed E-state index contributed by atoms with van der Waals surface area (Å²) in [5, 5.41) is 7.89. The Hall–Kier alpha value is -2.28. The van der Waals surface area contributed by atoms with Crippen LogP contribution in [-0.2, 0) is 18.2 Å². The van der Waals surface area contributed by atoms with Crippen LogP contribution in [0.4, 0.5) is 0 Å². The average molecular weight is 386 g/mol. The van der Waals surface area contributed by atoms with Gasteiger partial charge in [0.05, 0.1) is 25.1 Å². The van der Waals surface area contributed by atoms with Gasteiger partial charge in [0.15, 0.2) is 5.96 Å². The van der Waals surface area contributed by atoms with Crippen LogP contribution in [0.25, 0.3) is 0 Å². The molecule has 4 rings (SSSR count). The molecule has 0 aromatic carbocycles. The molecule has 28 heavy (non-hydrogen) atoms. The van der Waals surface area contributed by atoms with Crippen molar-refractivity contribution in [2.75, 3.05) is 32.8 Å². The van der Waals surface area contributed by atoms with E-state index in [-0.39, 0.29) is 6.10 Å². The summed E-state index contributed by atoms with van der Waals surface area (Å²) in [5.41, 5.74) is 1.32. The Morgan fingerprint density at radius 2 is 2.32 bits per heavy atom. The maximum absolute atomic E-state index is 5.87. The molecule has 7 heteroatoms. The lowest BCUT2D eigenvalue weighted by Gasteiger charge is -2.25. The van der Waals surface area contributed by atoms with Gasteiger partial charge in [0.25, 0.3) is 0 Å². The highest BCUT2D eigenvalue weighted by Crippen LogP contribution is 2.26. The van der Waals surface area contributed by atoms with Gasteiger partial charge in [-0.25, -0.2) is 0 Å². The minimum Gasteiger partial charge on any atom is -0.469 e. The zero-order valence-electron chi connectivity index (χ0n) is 16.7. The van der Waals surface area contributed by atoms with Gasteiger partial charge in [-0.05, 0) is 43.4 Å². The summed E-state index contributed by atoms with van der Waals surface area (Å²) in [5.74, 6) is 2.50. The SMILES string of the molecule is Cn1cc(C2CCN(C(=NCC3CCCCO3)NCCc3ccco3)C2)cn1. The number of hydrogen-bond donors (Lipinski definition) is 1. The standard InChI is InChI=1S/C21H31N5O2/c1-25-15-18(13-24-25)17-8-10-26(16-17)21(22-9-7-19-6-4-12-27-19)23-14-20-5-2-3-11-28-20/h4,6,12-13,15,17,20H,2-3,5,7-11,14,16H2,1H3,(H,22,23). The van der Waals surface area contributed by atoms with E-state index in [9.17, 15) is 0 Å². The highest BCUT2D eigenvalue weighted by atomic mass is 16.5. The van der Waals surface area contributed by atoms with Crippen LogP contribution in [0.1, 0.15) is 42.9 Å². The van der Waals surface area contributed by atoms with E-state index < -0.39 is 0 Å². The second kappa shape index (κ2) is 9.28. The van der Waals surface area contributed by atoms with Crippen LogP contribution < -0.4 is 5.32 Å². The second-order valence-corrected chi connectivity index (χ2v) is 7.79. The highest BCUT2D eigenvalue weighted by molar-refractivity contribution is 5.80. The van der Waals surface area contributed by atoms with Crippen molar-refractivity contribution in [3.63, 3.8) is 0 Å². The third kappa shape index (κ3) is 4.95. The van der Waals surface area contributed by atoms with Crippen molar-refractivity contribution >= 4 is 5.96 Å². The van der Waals surface area contributed by atoms with Gasteiger partial charge >= 0.3 is 0 Å². The number of aryl methyl sites for hydroxylation is 1. The number of nitrogens with one attached hydrogen (secondary N) is 1. The minimum atomic E-state index is 0.257. The lowest BCUT2D eigenvalue weighted by atomic mass is 10.0. The van der Waals surface area contributed by atoms with Crippen molar-refractivity contribution in [2.24, 2.45) is 12.0 Å². The normalized spacial score (nSPS) is 23.3. The second-order valence-electron chi connectivity index (χ2n) is 7.79. The number of rotatable bonds is 6. The first-order chi connectivity index (χ1) is 13.8. The molecule has 7 nitrogen and oxygen atoms in total. The summed E-state index contributed by atoms with van der Waals surface area (Å²) in [4.78, 5) is 7.31. The molecule has 2 aromatic heterocycles. The lowest BCUT2D eigenvalue weighted by molar-refractivity contribution is 0.0223. The number of furan rings is 1. The molecule has 0 aliphatic carbocycles. The van der Waals surface area contributed by atoms with Crippen LogP contribution in [0.2, 0.25) is 0 Å². The maximum atomic E-state index is 5.87. The van der Waals surface area contributed by atoms with E-state index >= 15 is 0 Å². The zero-order chi connectivity index (χ0) is 19.2. The number of aromatic nitrogens is 2. The van der Waals surface area contributed by atoms with Gasteiger partial charge in [-0.15, -0.1) is 0 Å². The smallest absolute Gasteiger partial charge is 0.194 e. The first-order valence-corrected chi connectivity index (χ1v) is 10.4. The summed E-state index contributed by atoms with van der Waals surface area (Å²) < 4.78 is 13.2. The zero-order valence-corrected chi connectivity index (χ0v) is 16.7. The number of hydrogen-bond acceptors (Lipinski definition) is 4. The number of ether oxygens (including phenoxy) is 1. The van der Waals surface area contributed by atoms with Crippen LogP contribution in [0, 0.1) is 0 Å². The first-order valence-electron chi connectivity index (χ1n) is 10.4. The van der Waals surface area contributed by atoms with Crippen molar-refractivity contribution < 1.29 is 9.15 Å². The van der Waals surface area contributed by atoms with Crippen LogP contribution in [0.3, 0.4) is 0 Å². The summed E-state index contributed by atoms with van der Waals surface area (Å²) in [6, 6.07) is 3.95. The summed E-state index contributed by atoms with van der Waals surface area (Å²) in [7, 11) is 1.98. The van der Waals surface area contributed by atoms with Gasteiger partial charge in [0.1, 0.15) is 5.76 Å². The largest absolute Gasteiger partial charge is 0.469 e. The van der Waals surface area contributed by atoms with E-state index in [0.717, 1.165) is 63.8 Å². The fraction of sp³-hybridized carbons (Fsp3) is 0.619. The van der Waals surface area contributed by atoms with Crippen LogP contribution >= 0.6 is 0 Å². The monoisotopic (exact) mass is 385 g/mol. The van der Waals surface area contributed by atoms with Crippen molar-refractivity contribution in [2.45, 2.75) is 44.1 Å². The van der Waals surface area contributed by atoms with Gasteiger partial charge in [-0.2, -0.15) is 5.10 Å². The predicted molar refractivity (Wildman–Crippen MR) is 108 cm³/mol. The lowest BCUT2D eigenvalue weighted by Crippen LogP contribution is -2.41. The molecule has 2 aliphatic heterocycles. The van der Waals surface area contributed by atoms with E-state index in [1.807, 2.05) is 30.1 Å². The van der Waals surface area contributed by atoms with E-state index in [0.29, 0.717) is 5.92 Å². The Morgan fingerprint density at radius 3 is 3.07 bits per heavy atom. The summed E-state index contributed by atoms with van der Waals surface area (Å²) >= 11 is 0. The molecule has 2 atom stereocenters. The molecule has 2 unspecified atom stereocenters. The molecule has 0 amide bonds.